The zero-order valence-electron chi connectivity index (χ0n) is 22.5. The standard InChI is InChI=1S/C33H37F3N2/c1-3-5-8-14-27-29(15-9-6-4-2)38-31-28(30(27)25-12-10-7-11-13-25)20-21-32(31,23-37)22-24-16-18-26(19-17-24)33(34,35)36/h7,10-13,16-19H,3-6,8-9,14-15,20-22H2,1-2H3. The summed E-state index contributed by atoms with van der Waals surface area (Å²) in [5, 5.41) is 10.5. The van der Waals surface area contributed by atoms with E-state index >= 15 is 0 Å². The lowest BCUT2D eigenvalue weighted by Gasteiger charge is -2.25. The number of nitriles is 1. The van der Waals surface area contributed by atoms with Crippen LogP contribution in [0.3, 0.4) is 0 Å². The Morgan fingerprint density at radius 1 is 0.895 bits per heavy atom. The Bertz CT molecular complexity index is 1260. The predicted octanol–water partition coefficient (Wildman–Crippen LogP) is 9.18. The molecule has 200 valence electrons. The summed E-state index contributed by atoms with van der Waals surface area (Å²) in [6.07, 6.45) is 5.92. The summed E-state index contributed by atoms with van der Waals surface area (Å²) in [6.45, 7) is 4.40. The van der Waals surface area contributed by atoms with E-state index in [1.54, 1.807) is 0 Å². The maximum Gasteiger partial charge on any atom is 0.416 e. The van der Waals surface area contributed by atoms with Crippen LogP contribution in [0.5, 0.6) is 0 Å². The van der Waals surface area contributed by atoms with Crippen molar-refractivity contribution in [2.75, 3.05) is 0 Å². The number of benzene rings is 2. The third-order valence-electron chi connectivity index (χ3n) is 7.85. The second kappa shape index (κ2) is 12.2. The molecule has 38 heavy (non-hydrogen) atoms. The van der Waals surface area contributed by atoms with E-state index in [9.17, 15) is 18.4 Å². The number of aryl methyl sites for hydroxylation is 1. The van der Waals surface area contributed by atoms with Gasteiger partial charge in [0.15, 0.2) is 0 Å². The highest BCUT2D eigenvalue weighted by Crippen LogP contribution is 2.46. The monoisotopic (exact) mass is 518 g/mol. The molecule has 0 amide bonds. The number of aromatic nitrogens is 1. The van der Waals surface area contributed by atoms with Crippen molar-refractivity contribution in [3.63, 3.8) is 0 Å². The Kier molecular flexibility index (Phi) is 8.92. The third-order valence-corrected chi connectivity index (χ3v) is 7.85. The number of fused-ring (bicyclic) bond motifs is 1. The number of pyridine rings is 1. The smallest absolute Gasteiger partial charge is 0.256 e. The highest BCUT2D eigenvalue weighted by atomic mass is 19.4. The van der Waals surface area contributed by atoms with Crippen molar-refractivity contribution in [1.29, 1.82) is 5.26 Å². The summed E-state index contributed by atoms with van der Waals surface area (Å²) in [5.74, 6) is 0. The molecule has 0 radical (unpaired) electrons. The van der Waals surface area contributed by atoms with Crippen molar-refractivity contribution in [3.8, 4) is 17.2 Å². The fourth-order valence-electron chi connectivity index (χ4n) is 5.81. The third kappa shape index (κ3) is 5.96. The van der Waals surface area contributed by atoms with Crippen molar-refractivity contribution in [2.24, 2.45) is 0 Å². The molecule has 1 aromatic heterocycles. The van der Waals surface area contributed by atoms with Gasteiger partial charge < -0.3 is 0 Å². The number of nitrogens with zero attached hydrogens (tertiary/aromatic N) is 2. The Morgan fingerprint density at radius 2 is 1.55 bits per heavy atom. The van der Waals surface area contributed by atoms with Gasteiger partial charge in [-0.15, -0.1) is 0 Å². The van der Waals surface area contributed by atoms with Crippen LogP contribution in [0, 0.1) is 11.3 Å². The minimum Gasteiger partial charge on any atom is -0.256 e. The first-order valence-corrected chi connectivity index (χ1v) is 14.0. The molecule has 1 unspecified atom stereocenters. The summed E-state index contributed by atoms with van der Waals surface area (Å²) in [6, 6.07) is 18.3. The topological polar surface area (TPSA) is 36.7 Å². The molecule has 0 fully saturated rings. The molecule has 1 aliphatic carbocycles. The maximum absolute atomic E-state index is 13.1. The van der Waals surface area contributed by atoms with E-state index in [0.29, 0.717) is 12.8 Å². The van der Waals surface area contributed by atoms with Gasteiger partial charge in [0, 0.05) is 5.69 Å². The van der Waals surface area contributed by atoms with Crippen LogP contribution >= 0.6 is 0 Å². The Morgan fingerprint density at radius 3 is 2.16 bits per heavy atom. The second-order valence-electron chi connectivity index (χ2n) is 10.6. The summed E-state index contributed by atoms with van der Waals surface area (Å²) in [7, 11) is 0. The first-order chi connectivity index (χ1) is 18.3. The van der Waals surface area contributed by atoms with E-state index in [1.807, 2.05) is 6.07 Å². The number of halogens is 3. The molecule has 0 N–H and O–H groups in total. The average Bonchev–Trinajstić information content (AvgIpc) is 3.27. The summed E-state index contributed by atoms with van der Waals surface area (Å²) < 4.78 is 39.4. The normalized spacial score (nSPS) is 16.8. The van der Waals surface area contributed by atoms with Crippen LogP contribution in [0.2, 0.25) is 0 Å². The van der Waals surface area contributed by atoms with E-state index in [-0.39, 0.29) is 0 Å². The Labute approximate surface area is 224 Å². The van der Waals surface area contributed by atoms with Gasteiger partial charge in [-0.05, 0) is 84.9 Å². The Balaban J connectivity index is 1.83. The molecule has 0 saturated heterocycles. The van der Waals surface area contributed by atoms with E-state index < -0.39 is 17.2 Å². The van der Waals surface area contributed by atoms with Gasteiger partial charge in [0.25, 0.3) is 0 Å². The molecule has 3 aromatic rings. The van der Waals surface area contributed by atoms with Crippen molar-refractivity contribution in [2.45, 2.75) is 96.1 Å². The van der Waals surface area contributed by atoms with Crippen molar-refractivity contribution < 1.29 is 13.2 Å². The highest BCUT2D eigenvalue weighted by molar-refractivity contribution is 5.74. The van der Waals surface area contributed by atoms with Gasteiger partial charge in [0.1, 0.15) is 5.41 Å². The van der Waals surface area contributed by atoms with Gasteiger partial charge in [-0.1, -0.05) is 82.0 Å². The molecule has 0 saturated carbocycles. The summed E-state index contributed by atoms with van der Waals surface area (Å²) in [4.78, 5) is 5.26. The molecule has 4 rings (SSSR count). The maximum atomic E-state index is 13.1. The molecule has 2 aromatic carbocycles. The van der Waals surface area contributed by atoms with Crippen LogP contribution in [-0.2, 0) is 37.3 Å². The SMILES string of the molecule is CCCCCc1nc2c(c(-c3ccccc3)c1CCCCC)CCC2(C#N)Cc1ccc(C(F)(F)F)cc1. The Hall–Kier alpha value is -3.13. The van der Waals surface area contributed by atoms with Crippen LogP contribution in [-0.4, -0.2) is 4.98 Å². The van der Waals surface area contributed by atoms with Crippen LogP contribution in [0.25, 0.3) is 11.1 Å². The second-order valence-corrected chi connectivity index (χ2v) is 10.6. The fourth-order valence-corrected chi connectivity index (χ4v) is 5.81. The number of unbranched alkanes of at least 4 members (excludes halogenated alkanes) is 4. The molecule has 5 heteroatoms. The number of hydrogen-bond donors (Lipinski definition) is 0. The zero-order valence-corrected chi connectivity index (χ0v) is 22.5. The first kappa shape index (κ1) is 27.9. The van der Waals surface area contributed by atoms with Gasteiger partial charge in [-0.3, -0.25) is 4.98 Å². The van der Waals surface area contributed by atoms with Gasteiger partial charge in [-0.2, -0.15) is 18.4 Å². The highest BCUT2D eigenvalue weighted by Gasteiger charge is 2.43. The van der Waals surface area contributed by atoms with Gasteiger partial charge in [0.05, 0.1) is 17.3 Å². The average molecular weight is 519 g/mol. The lowest BCUT2D eigenvalue weighted by atomic mass is 9.79. The van der Waals surface area contributed by atoms with Gasteiger partial charge >= 0.3 is 6.18 Å². The minimum atomic E-state index is -4.38. The largest absolute Gasteiger partial charge is 0.416 e. The molecule has 2 nitrogen and oxygen atoms in total. The quantitative estimate of drug-likeness (QED) is 0.237. The van der Waals surface area contributed by atoms with Gasteiger partial charge in [-0.25, -0.2) is 0 Å². The molecule has 1 atom stereocenters. The van der Waals surface area contributed by atoms with Crippen molar-refractivity contribution >= 4 is 0 Å². The minimum absolute atomic E-state index is 0.361. The number of rotatable bonds is 11. The van der Waals surface area contributed by atoms with Crippen LogP contribution in [0.4, 0.5) is 13.2 Å². The van der Waals surface area contributed by atoms with E-state index in [4.69, 9.17) is 4.98 Å². The van der Waals surface area contributed by atoms with Gasteiger partial charge in [0.2, 0.25) is 0 Å². The summed E-state index contributed by atoms with van der Waals surface area (Å²) in [5.41, 5.74) is 6.03. The molecular weight excluding hydrogens is 481 g/mol. The van der Waals surface area contributed by atoms with E-state index in [1.165, 1.54) is 23.3 Å². The van der Waals surface area contributed by atoms with Crippen molar-refractivity contribution in [3.05, 3.63) is 88.2 Å². The number of alkyl halides is 3. The number of hydrogen-bond acceptors (Lipinski definition) is 2. The zero-order chi connectivity index (χ0) is 27.2. The molecule has 0 bridgehead atoms. The predicted molar refractivity (Wildman–Crippen MR) is 147 cm³/mol. The molecule has 1 aliphatic rings. The van der Waals surface area contributed by atoms with Crippen molar-refractivity contribution in [1.82, 2.24) is 4.98 Å². The molecular formula is C33H37F3N2. The fraction of sp³-hybridized carbons (Fsp3) is 0.455. The van der Waals surface area contributed by atoms with Crippen LogP contribution in [0.1, 0.15) is 92.4 Å². The molecule has 0 aliphatic heterocycles. The van der Waals surface area contributed by atoms with E-state index in [2.05, 4.69) is 44.2 Å². The first-order valence-electron chi connectivity index (χ1n) is 14.0. The lowest BCUT2D eigenvalue weighted by molar-refractivity contribution is -0.137. The summed E-state index contributed by atoms with van der Waals surface area (Å²) >= 11 is 0. The van der Waals surface area contributed by atoms with E-state index in [0.717, 1.165) is 98.0 Å². The van der Waals surface area contributed by atoms with Crippen LogP contribution in [0.15, 0.2) is 54.6 Å². The molecule has 0 spiro atoms. The lowest BCUT2D eigenvalue weighted by Crippen LogP contribution is -2.26. The van der Waals surface area contributed by atoms with Crippen LogP contribution < -0.4 is 0 Å². The molecule has 1 heterocycles.